The van der Waals surface area contributed by atoms with E-state index in [1.165, 1.54) is 36.4 Å². The number of imidazole rings is 2. The highest BCUT2D eigenvalue weighted by atomic mass is 32.2. The number of aromatic nitrogens is 6. The molecule has 9 rings (SSSR count). The van der Waals surface area contributed by atoms with E-state index in [9.17, 15) is 22.3 Å². The molecule has 0 fully saturated rings. The Morgan fingerprint density at radius 3 is 1.53 bits per heavy atom. The molecule has 9 aromatic rings. The number of H-pyrrole nitrogens is 2. The van der Waals surface area contributed by atoms with Crippen LogP contribution in [0.2, 0.25) is 0 Å². The van der Waals surface area contributed by atoms with Crippen LogP contribution in [0.4, 0.5) is 8.78 Å². The zero-order valence-electron chi connectivity index (χ0n) is 41.0. The SMILES string of the molecule is CCCOCCOc1ccc(-c2nc(-c3ccc(F)cc3)c(-c3ccncc3)[nH]2)cc1.Cc1ccc(S(=O)(=O)OCCOCCN=[N+]=[N-])cc1.Oc1ccc(-c2nc(-c3ccc(F)cc3)c(-c3ccncc3)[nH]2)cc1. The van der Waals surface area contributed by atoms with E-state index in [-0.39, 0.29) is 48.6 Å². The summed E-state index contributed by atoms with van der Waals surface area (Å²) in [5, 5.41) is 12.7. The van der Waals surface area contributed by atoms with Crippen molar-refractivity contribution >= 4 is 10.1 Å². The molecule has 0 saturated heterocycles. The summed E-state index contributed by atoms with van der Waals surface area (Å²) < 4.78 is 71.2. The van der Waals surface area contributed by atoms with Gasteiger partial charge >= 0.3 is 0 Å². The maximum atomic E-state index is 13.4. The predicted octanol–water partition coefficient (Wildman–Crippen LogP) is 12.4. The molecule has 3 N–H and O–H groups in total. The van der Waals surface area contributed by atoms with Crippen LogP contribution in [0, 0.1) is 18.6 Å². The number of phenols is 1. The summed E-state index contributed by atoms with van der Waals surface area (Å²) in [5.41, 5.74) is 17.5. The monoisotopic (exact) mass is 1030 g/mol. The Hall–Kier alpha value is -8.58. The van der Waals surface area contributed by atoms with Crippen LogP contribution >= 0.6 is 0 Å². The Morgan fingerprint density at radius 1 is 0.573 bits per heavy atom. The fraction of sp³-hybridized carbons (Fsp3) is 0.179. The van der Waals surface area contributed by atoms with Gasteiger partial charge in [-0.2, -0.15) is 8.42 Å². The van der Waals surface area contributed by atoms with Gasteiger partial charge in [0.05, 0.1) is 54.1 Å². The molecule has 0 bridgehead atoms. The summed E-state index contributed by atoms with van der Waals surface area (Å²) in [6.45, 7) is 6.27. The smallest absolute Gasteiger partial charge is 0.297 e. The molecule has 0 radical (unpaired) electrons. The molecule has 0 unspecified atom stereocenters. The lowest BCUT2D eigenvalue weighted by molar-refractivity contribution is 0.101. The number of hydrogen-bond donors (Lipinski definition) is 3. The molecule has 16 nitrogen and oxygen atoms in total. The minimum absolute atomic E-state index is 0.0769. The summed E-state index contributed by atoms with van der Waals surface area (Å²) in [7, 11) is -3.74. The summed E-state index contributed by atoms with van der Waals surface area (Å²) in [6.07, 6.45) is 7.90. The number of aromatic amines is 2. The molecule has 5 aromatic carbocycles. The van der Waals surface area contributed by atoms with Crippen molar-refractivity contribution in [2.75, 3.05) is 46.2 Å². The van der Waals surface area contributed by atoms with Crippen LogP contribution in [0.1, 0.15) is 18.9 Å². The zero-order chi connectivity index (χ0) is 52.8. The van der Waals surface area contributed by atoms with Crippen molar-refractivity contribution in [3.05, 3.63) is 198 Å². The van der Waals surface area contributed by atoms with E-state index in [0.717, 1.165) is 86.3 Å². The van der Waals surface area contributed by atoms with Gasteiger partial charge in [0.25, 0.3) is 10.1 Å². The summed E-state index contributed by atoms with van der Waals surface area (Å²) >= 11 is 0. The molecule has 0 aliphatic heterocycles. The van der Waals surface area contributed by atoms with Gasteiger partial charge in [-0.25, -0.2) is 18.7 Å². The minimum atomic E-state index is -3.74. The zero-order valence-corrected chi connectivity index (χ0v) is 41.8. The molecule has 0 spiro atoms. The number of azide groups is 1. The number of aryl methyl sites for hydroxylation is 1. The minimum Gasteiger partial charge on any atom is -0.508 e. The maximum Gasteiger partial charge on any atom is 0.297 e. The number of hydrogen-bond acceptors (Lipinski definition) is 12. The summed E-state index contributed by atoms with van der Waals surface area (Å²) in [5.74, 6) is 1.81. The van der Waals surface area contributed by atoms with Gasteiger partial charge in [-0.15, -0.1) is 0 Å². The van der Waals surface area contributed by atoms with E-state index >= 15 is 0 Å². The number of phenolic OH excluding ortho intramolecular Hbond substituents is 1. The Kier molecular flexibility index (Phi) is 19.8. The van der Waals surface area contributed by atoms with Crippen molar-refractivity contribution in [3.8, 4) is 79.3 Å². The first kappa shape index (κ1) is 54.2. The quantitative estimate of drug-likeness (QED) is 0.0214. The number of pyridine rings is 2. The molecule has 0 aliphatic rings. The molecule has 0 saturated carbocycles. The fourth-order valence-corrected chi connectivity index (χ4v) is 8.02. The van der Waals surface area contributed by atoms with Gasteiger partial charge in [-0.3, -0.25) is 14.2 Å². The Bertz CT molecular complexity index is 3330. The second-order valence-corrected chi connectivity index (χ2v) is 17.9. The topological polar surface area (TPSA) is 223 Å². The van der Waals surface area contributed by atoms with Crippen molar-refractivity contribution < 1.29 is 40.7 Å². The first-order valence-corrected chi connectivity index (χ1v) is 25.1. The lowest BCUT2D eigenvalue weighted by Crippen LogP contribution is -2.12. The van der Waals surface area contributed by atoms with Gasteiger partial charge in [0, 0.05) is 76.2 Å². The Morgan fingerprint density at radius 2 is 1.04 bits per heavy atom. The highest BCUT2D eigenvalue weighted by molar-refractivity contribution is 7.86. The number of rotatable bonds is 20. The third kappa shape index (κ3) is 16.0. The molecule has 4 aromatic heterocycles. The Labute approximate surface area is 432 Å². The van der Waals surface area contributed by atoms with Gasteiger partial charge < -0.3 is 29.3 Å². The van der Waals surface area contributed by atoms with E-state index in [2.05, 4.69) is 36.9 Å². The van der Waals surface area contributed by atoms with Crippen molar-refractivity contribution in [1.29, 1.82) is 0 Å². The molecular weight excluding hydrogens is 981 g/mol. The summed E-state index contributed by atoms with van der Waals surface area (Å²) in [4.78, 5) is 27.1. The van der Waals surface area contributed by atoms with Crippen molar-refractivity contribution in [2.24, 2.45) is 5.11 Å². The third-order valence-electron chi connectivity index (χ3n) is 10.9. The molecule has 4 heterocycles. The van der Waals surface area contributed by atoms with Gasteiger partial charge in [0.15, 0.2) is 0 Å². The molecule has 0 atom stereocenters. The van der Waals surface area contributed by atoms with Crippen LogP contribution < -0.4 is 4.74 Å². The number of ether oxygens (including phenoxy) is 3. The van der Waals surface area contributed by atoms with Crippen LogP contribution in [-0.4, -0.2) is 89.6 Å². The predicted molar refractivity (Wildman–Crippen MR) is 283 cm³/mol. The number of nitrogens with zero attached hydrogens (tertiary/aromatic N) is 7. The van der Waals surface area contributed by atoms with E-state index in [1.807, 2.05) is 55.5 Å². The van der Waals surface area contributed by atoms with Gasteiger partial charge in [-0.1, -0.05) is 29.7 Å². The van der Waals surface area contributed by atoms with Crippen molar-refractivity contribution in [3.63, 3.8) is 0 Å². The highest BCUT2D eigenvalue weighted by Crippen LogP contribution is 2.35. The molecule has 0 aliphatic carbocycles. The average Bonchev–Trinajstić information content (AvgIpc) is 4.09. The molecule has 19 heteroatoms. The second kappa shape index (κ2) is 27.5. The van der Waals surface area contributed by atoms with Gasteiger partial charge in [0.1, 0.15) is 41.4 Å². The summed E-state index contributed by atoms with van der Waals surface area (Å²) in [6, 6.07) is 41.2. The fourth-order valence-electron chi connectivity index (χ4n) is 7.13. The van der Waals surface area contributed by atoms with Gasteiger partial charge in [-0.05, 0) is 152 Å². The first-order chi connectivity index (χ1) is 36.5. The lowest BCUT2D eigenvalue weighted by atomic mass is 10.1. The molecular formula is C56H53F2N9O7S. The average molecular weight is 1030 g/mol. The lowest BCUT2D eigenvalue weighted by Gasteiger charge is -2.07. The van der Waals surface area contributed by atoms with E-state index in [1.54, 1.807) is 85.5 Å². The number of nitrogens with one attached hydrogen (secondary N) is 2. The van der Waals surface area contributed by atoms with Crippen LogP contribution in [0.3, 0.4) is 0 Å². The van der Waals surface area contributed by atoms with Crippen LogP contribution in [-0.2, 0) is 23.8 Å². The number of aromatic hydroxyl groups is 1. The number of halogens is 2. The van der Waals surface area contributed by atoms with E-state index in [0.29, 0.717) is 19.0 Å². The van der Waals surface area contributed by atoms with Crippen LogP contribution in [0.15, 0.2) is 180 Å². The molecule has 384 valence electrons. The molecule has 75 heavy (non-hydrogen) atoms. The standard InChI is InChI=1S/C25H24FN3O2.C20H14FN3O.C11H15N3O4S/c1-2-15-30-16-17-31-22-9-5-20(6-10-22)25-28-23(18-3-7-21(26)8-4-18)24(29-25)19-11-13-27-14-12-19;21-16-5-1-13(2-6-16)18-19(14-9-11-22-12-10-14)24-20(23-18)15-3-7-17(25)8-4-15;1-10-2-4-11(5-3-10)19(15,16)18-9-8-17-7-6-13-14-12/h3-14H,2,15-17H2,1H3,(H,28,29);1-12,25H,(H,23,24);2-5H,6-9H2,1H3. The Balaban J connectivity index is 0.000000169. The first-order valence-electron chi connectivity index (χ1n) is 23.7. The number of benzene rings is 5. The highest BCUT2D eigenvalue weighted by Gasteiger charge is 2.18. The van der Waals surface area contributed by atoms with Crippen molar-refractivity contribution in [1.82, 2.24) is 29.9 Å². The second-order valence-electron chi connectivity index (χ2n) is 16.3. The maximum absolute atomic E-state index is 13.4. The molecule has 0 amide bonds. The largest absolute Gasteiger partial charge is 0.508 e. The van der Waals surface area contributed by atoms with Gasteiger partial charge in [0.2, 0.25) is 0 Å². The van der Waals surface area contributed by atoms with Crippen LogP contribution in [0.25, 0.3) is 78.2 Å². The van der Waals surface area contributed by atoms with E-state index < -0.39 is 10.1 Å². The van der Waals surface area contributed by atoms with Crippen LogP contribution in [0.5, 0.6) is 11.5 Å². The van der Waals surface area contributed by atoms with E-state index in [4.69, 9.17) is 33.9 Å². The third-order valence-corrected chi connectivity index (χ3v) is 12.2. The normalized spacial score (nSPS) is 10.9. The van der Waals surface area contributed by atoms with Crippen molar-refractivity contribution in [2.45, 2.75) is 25.2 Å².